The average Bonchev–Trinajstić information content (AvgIpc) is 2.60. The summed E-state index contributed by atoms with van der Waals surface area (Å²) in [6.45, 7) is 3.76. The Kier molecular flexibility index (Phi) is 2.83. The van der Waals surface area contributed by atoms with Crippen molar-refractivity contribution in [3.05, 3.63) is 35.6 Å². The Bertz CT molecular complexity index is 549. The number of rotatable bonds is 2. The van der Waals surface area contributed by atoms with Crippen molar-refractivity contribution in [2.75, 3.05) is 5.73 Å². The standard InChI is InChI=1S/C12H12F2N2O/c1-6(2)11-10(12(15)16-17-11)8-4-3-7(13)5-9(8)14/h3-6H,1-2H3,(H2,15,16). The summed E-state index contributed by atoms with van der Waals surface area (Å²) < 4.78 is 31.6. The van der Waals surface area contributed by atoms with Gasteiger partial charge in [-0.2, -0.15) is 0 Å². The van der Waals surface area contributed by atoms with E-state index in [2.05, 4.69) is 5.16 Å². The molecular formula is C12H12F2N2O. The van der Waals surface area contributed by atoms with Gasteiger partial charge in [-0.1, -0.05) is 19.0 Å². The molecule has 2 aromatic rings. The maximum Gasteiger partial charge on any atom is 0.175 e. The summed E-state index contributed by atoms with van der Waals surface area (Å²) in [4.78, 5) is 0. The number of hydrogen-bond acceptors (Lipinski definition) is 3. The van der Waals surface area contributed by atoms with Gasteiger partial charge in [-0.25, -0.2) is 8.78 Å². The molecule has 0 spiro atoms. The average molecular weight is 238 g/mol. The van der Waals surface area contributed by atoms with Gasteiger partial charge in [0, 0.05) is 17.5 Å². The van der Waals surface area contributed by atoms with Crippen LogP contribution in [0.25, 0.3) is 11.1 Å². The molecule has 3 nitrogen and oxygen atoms in total. The lowest BCUT2D eigenvalue weighted by molar-refractivity contribution is 0.374. The molecule has 2 rings (SSSR count). The summed E-state index contributed by atoms with van der Waals surface area (Å²) in [5.41, 5.74) is 6.26. The van der Waals surface area contributed by atoms with E-state index >= 15 is 0 Å². The Hall–Kier alpha value is -1.91. The molecule has 0 amide bonds. The van der Waals surface area contributed by atoms with Gasteiger partial charge in [0.25, 0.3) is 0 Å². The van der Waals surface area contributed by atoms with Gasteiger partial charge >= 0.3 is 0 Å². The van der Waals surface area contributed by atoms with Crippen molar-refractivity contribution in [3.63, 3.8) is 0 Å². The summed E-state index contributed by atoms with van der Waals surface area (Å²) in [5.74, 6) is -0.694. The number of halogens is 2. The third-order valence-electron chi connectivity index (χ3n) is 2.47. The first-order valence-electron chi connectivity index (χ1n) is 5.21. The van der Waals surface area contributed by atoms with Gasteiger partial charge < -0.3 is 10.3 Å². The fourth-order valence-electron chi connectivity index (χ4n) is 1.67. The minimum absolute atomic E-state index is 0.0132. The molecule has 1 heterocycles. The van der Waals surface area contributed by atoms with Crippen LogP contribution in [0.4, 0.5) is 14.6 Å². The first-order valence-corrected chi connectivity index (χ1v) is 5.21. The van der Waals surface area contributed by atoms with Crippen molar-refractivity contribution >= 4 is 5.82 Å². The van der Waals surface area contributed by atoms with Gasteiger partial charge in [0.05, 0.1) is 5.56 Å². The van der Waals surface area contributed by atoms with Gasteiger partial charge in [-0.15, -0.1) is 0 Å². The van der Waals surface area contributed by atoms with E-state index in [0.29, 0.717) is 11.3 Å². The van der Waals surface area contributed by atoms with Crippen molar-refractivity contribution in [2.45, 2.75) is 19.8 Å². The largest absolute Gasteiger partial charge is 0.380 e. The molecule has 0 atom stereocenters. The molecule has 1 aromatic heterocycles. The highest BCUT2D eigenvalue weighted by Gasteiger charge is 2.21. The summed E-state index contributed by atoms with van der Waals surface area (Å²) in [7, 11) is 0. The summed E-state index contributed by atoms with van der Waals surface area (Å²) in [5, 5.41) is 3.62. The zero-order valence-corrected chi connectivity index (χ0v) is 9.50. The van der Waals surface area contributed by atoms with E-state index in [0.717, 1.165) is 6.07 Å². The number of benzene rings is 1. The van der Waals surface area contributed by atoms with E-state index in [1.54, 1.807) is 0 Å². The van der Waals surface area contributed by atoms with Crippen LogP contribution in [0, 0.1) is 11.6 Å². The molecule has 0 aliphatic carbocycles. The van der Waals surface area contributed by atoms with Crippen molar-refractivity contribution in [1.29, 1.82) is 0 Å². The Morgan fingerprint density at radius 3 is 2.59 bits per heavy atom. The zero-order valence-electron chi connectivity index (χ0n) is 9.50. The Balaban J connectivity index is 2.63. The lowest BCUT2D eigenvalue weighted by Crippen LogP contribution is -1.95. The molecule has 0 saturated heterocycles. The number of anilines is 1. The van der Waals surface area contributed by atoms with E-state index in [9.17, 15) is 8.78 Å². The fourth-order valence-corrected chi connectivity index (χ4v) is 1.67. The van der Waals surface area contributed by atoms with E-state index in [1.165, 1.54) is 12.1 Å². The molecule has 5 heteroatoms. The second-order valence-electron chi connectivity index (χ2n) is 4.09. The monoisotopic (exact) mass is 238 g/mol. The van der Waals surface area contributed by atoms with Crippen LogP contribution in [0.2, 0.25) is 0 Å². The minimum Gasteiger partial charge on any atom is -0.380 e. The van der Waals surface area contributed by atoms with Crippen molar-refractivity contribution in [2.24, 2.45) is 0 Å². The Morgan fingerprint density at radius 1 is 1.29 bits per heavy atom. The van der Waals surface area contributed by atoms with Gasteiger partial charge in [0.15, 0.2) is 5.82 Å². The highest BCUT2D eigenvalue weighted by Crippen LogP contribution is 2.35. The minimum atomic E-state index is -0.679. The van der Waals surface area contributed by atoms with Gasteiger partial charge in [0.2, 0.25) is 0 Å². The molecule has 0 unspecified atom stereocenters. The van der Waals surface area contributed by atoms with Crippen LogP contribution < -0.4 is 5.73 Å². The normalized spacial score (nSPS) is 11.1. The van der Waals surface area contributed by atoms with Crippen molar-refractivity contribution < 1.29 is 13.3 Å². The van der Waals surface area contributed by atoms with Crippen LogP contribution in [-0.4, -0.2) is 5.16 Å². The van der Waals surface area contributed by atoms with Crippen LogP contribution in [0.3, 0.4) is 0 Å². The molecule has 90 valence electrons. The van der Waals surface area contributed by atoms with E-state index in [-0.39, 0.29) is 17.3 Å². The highest BCUT2D eigenvalue weighted by molar-refractivity contribution is 5.76. The van der Waals surface area contributed by atoms with Crippen LogP contribution in [0.1, 0.15) is 25.5 Å². The Labute approximate surface area is 97.2 Å². The third kappa shape index (κ3) is 2.00. The fraction of sp³-hybridized carbons (Fsp3) is 0.250. The molecule has 0 aliphatic rings. The molecule has 0 saturated carbocycles. The lowest BCUT2D eigenvalue weighted by atomic mass is 9.99. The first kappa shape index (κ1) is 11.6. The van der Waals surface area contributed by atoms with E-state index in [4.69, 9.17) is 10.3 Å². The second kappa shape index (κ2) is 4.16. The SMILES string of the molecule is CC(C)c1onc(N)c1-c1ccc(F)cc1F. The molecular weight excluding hydrogens is 226 g/mol. The van der Waals surface area contributed by atoms with E-state index in [1.807, 2.05) is 13.8 Å². The Morgan fingerprint density at radius 2 is 2.00 bits per heavy atom. The van der Waals surface area contributed by atoms with Crippen LogP contribution in [0.15, 0.2) is 22.7 Å². The summed E-state index contributed by atoms with van der Waals surface area (Å²) in [6, 6.07) is 3.32. The second-order valence-corrected chi connectivity index (χ2v) is 4.09. The number of hydrogen-bond donors (Lipinski definition) is 1. The first-order chi connectivity index (χ1) is 8.00. The molecule has 17 heavy (non-hydrogen) atoms. The molecule has 0 fully saturated rings. The number of nitrogen functional groups attached to an aromatic ring is 1. The van der Waals surface area contributed by atoms with Gasteiger partial charge in [0.1, 0.15) is 17.4 Å². The van der Waals surface area contributed by atoms with E-state index < -0.39 is 11.6 Å². The molecule has 0 radical (unpaired) electrons. The number of nitrogens with two attached hydrogens (primary N) is 1. The predicted octanol–water partition coefficient (Wildman–Crippen LogP) is 3.33. The highest BCUT2D eigenvalue weighted by atomic mass is 19.1. The summed E-state index contributed by atoms with van der Waals surface area (Å²) >= 11 is 0. The zero-order chi connectivity index (χ0) is 12.6. The van der Waals surface area contributed by atoms with Crippen LogP contribution in [0.5, 0.6) is 0 Å². The molecule has 0 aliphatic heterocycles. The smallest absolute Gasteiger partial charge is 0.175 e. The molecule has 0 bridgehead atoms. The lowest BCUT2D eigenvalue weighted by Gasteiger charge is -2.06. The van der Waals surface area contributed by atoms with Crippen LogP contribution in [-0.2, 0) is 0 Å². The van der Waals surface area contributed by atoms with Gasteiger partial charge in [-0.3, -0.25) is 0 Å². The topological polar surface area (TPSA) is 52.0 Å². The molecule has 1 aromatic carbocycles. The van der Waals surface area contributed by atoms with Gasteiger partial charge in [-0.05, 0) is 12.1 Å². The predicted molar refractivity (Wildman–Crippen MR) is 60.4 cm³/mol. The maximum absolute atomic E-state index is 13.7. The third-order valence-corrected chi connectivity index (χ3v) is 2.47. The van der Waals surface area contributed by atoms with Crippen molar-refractivity contribution in [1.82, 2.24) is 5.16 Å². The van der Waals surface area contributed by atoms with Crippen molar-refractivity contribution in [3.8, 4) is 11.1 Å². The number of aromatic nitrogens is 1. The molecule has 2 N–H and O–H groups in total. The summed E-state index contributed by atoms with van der Waals surface area (Å²) in [6.07, 6.45) is 0. The number of nitrogens with zero attached hydrogens (tertiary/aromatic N) is 1. The van der Waals surface area contributed by atoms with Crippen LogP contribution >= 0.6 is 0 Å². The maximum atomic E-state index is 13.7. The quantitative estimate of drug-likeness (QED) is 0.873.